The summed E-state index contributed by atoms with van der Waals surface area (Å²) < 4.78 is 33.0. The Kier molecular flexibility index (Phi) is 11.9. The number of rotatable bonds is 15. The zero-order chi connectivity index (χ0) is 27.4. The molecule has 204 valence electrons. The second-order valence-corrected chi connectivity index (χ2v) is 12.8. The maximum atomic E-state index is 12.9. The fourth-order valence-corrected chi connectivity index (χ4v) is 6.22. The number of phenolic OH excluding ortho intramolecular Hbond substituents is 1. The first kappa shape index (κ1) is 29.9. The fraction of sp³-hybridized carbons (Fsp3) is 0.345. The van der Waals surface area contributed by atoms with E-state index in [4.69, 9.17) is 8.92 Å². The number of hydrogen-bond acceptors (Lipinski definition) is 8. The van der Waals surface area contributed by atoms with Crippen molar-refractivity contribution in [1.82, 2.24) is 0 Å². The van der Waals surface area contributed by atoms with E-state index in [1.54, 1.807) is 48.2 Å². The number of ether oxygens (including phenoxy) is 1. The molecule has 3 aromatic carbocycles. The van der Waals surface area contributed by atoms with Gasteiger partial charge in [-0.15, -0.1) is 11.8 Å². The van der Waals surface area contributed by atoms with Crippen LogP contribution in [-0.4, -0.2) is 48.3 Å². The highest BCUT2D eigenvalue weighted by Crippen LogP contribution is 2.25. The Morgan fingerprint density at radius 2 is 1.42 bits per heavy atom. The molecular formula is C29H34O6S3. The standard InChI is InChI=1S/C29H34O6S3/c1-3-19-37-29(31)28(36-20-17-23-8-10-25(30)11-9-23)21-24-6-4-22(5-7-24)16-18-34-26-12-14-27(15-13-26)35-38(2,32)33/h4-15,28,30H,3,16-21H2,1-2H3/t28-/m1/s1. The Morgan fingerprint density at radius 3 is 2.05 bits per heavy atom. The summed E-state index contributed by atoms with van der Waals surface area (Å²) in [5.41, 5.74) is 3.41. The van der Waals surface area contributed by atoms with Crippen molar-refractivity contribution in [2.24, 2.45) is 0 Å². The van der Waals surface area contributed by atoms with Crippen LogP contribution in [0, 0.1) is 0 Å². The van der Waals surface area contributed by atoms with Crippen LogP contribution in [0.15, 0.2) is 72.8 Å². The second kappa shape index (κ2) is 15.1. The van der Waals surface area contributed by atoms with Crippen LogP contribution in [0.5, 0.6) is 17.2 Å². The average molecular weight is 575 g/mol. The molecule has 9 heteroatoms. The predicted octanol–water partition coefficient (Wildman–Crippen LogP) is 5.91. The van der Waals surface area contributed by atoms with Crippen molar-refractivity contribution >= 4 is 38.8 Å². The topological polar surface area (TPSA) is 89.9 Å². The van der Waals surface area contributed by atoms with Crippen LogP contribution in [0.25, 0.3) is 0 Å². The van der Waals surface area contributed by atoms with E-state index >= 15 is 0 Å². The molecule has 3 aromatic rings. The Morgan fingerprint density at radius 1 is 0.842 bits per heavy atom. The van der Waals surface area contributed by atoms with E-state index in [9.17, 15) is 18.3 Å². The van der Waals surface area contributed by atoms with Gasteiger partial charge in [-0.1, -0.05) is 55.1 Å². The number of hydrogen-bond donors (Lipinski definition) is 1. The molecule has 0 saturated heterocycles. The van der Waals surface area contributed by atoms with Crippen molar-refractivity contribution < 1.29 is 27.2 Å². The fourth-order valence-electron chi connectivity index (χ4n) is 3.60. The third-order valence-corrected chi connectivity index (χ3v) is 8.58. The SMILES string of the molecule is CCCSC(=O)[C@@H](Cc1ccc(CCOc2ccc(OS(C)(=O)=O)cc2)cc1)SCCc1ccc(O)cc1. The Hall–Kier alpha value is -2.62. The number of thioether (sulfide) groups is 2. The van der Waals surface area contributed by atoms with Gasteiger partial charge in [0, 0.05) is 12.2 Å². The minimum atomic E-state index is -3.55. The van der Waals surface area contributed by atoms with Crippen LogP contribution in [0.3, 0.4) is 0 Å². The van der Waals surface area contributed by atoms with Gasteiger partial charge in [0.1, 0.15) is 17.2 Å². The molecule has 0 fully saturated rings. The third kappa shape index (κ3) is 11.0. The summed E-state index contributed by atoms with van der Waals surface area (Å²) in [6.45, 7) is 2.56. The summed E-state index contributed by atoms with van der Waals surface area (Å²) >= 11 is 3.12. The van der Waals surface area contributed by atoms with Gasteiger partial charge in [-0.05, 0) is 78.1 Å². The summed E-state index contributed by atoms with van der Waals surface area (Å²) in [4.78, 5) is 12.9. The maximum Gasteiger partial charge on any atom is 0.306 e. The highest BCUT2D eigenvalue weighted by atomic mass is 32.2. The minimum Gasteiger partial charge on any atom is -0.508 e. The smallest absolute Gasteiger partial charge is 0.306 e. The minimum absolute atomic E-state index is 0.104. The number of carbonyl (C=O) groups excluding carboxylic acids is 1. The molecular weight excluding hydrogens is 541 g/mol. The monoisotopic (exact) mass is 574 g/mol. The van der Waals surface area contributed by atoms with Crippen LogP contribution in [0.1, 0.15) is 30.0 Å². The Balaban J connectivity index is 1.49. The van der Waals surface area contributed by atoms with Crippen LogP contribution in [-0.2, 0) is 34.2 Å². The molecule has 0 aromatic heterocycles. The van der Waals surface area contributed by atoms with Crippen LogP contribution in [0.4, 0.5) is 0 Å². The van der Waals surface area contributed by atoms with Crippen molar-refractivity contribution in [3.05, 3.63) is 89.5 Å². The van der Waals surface area contributed by atoms with E-state index in [1.807, 2.05) is 12.1 Å². The van der Waals surface area contributed by atoms with Crippen molar-refractivity contribution in [3.8, 4) is 17.2 Å². The number of aryl methyl sites for hydroxylation is 1. The van der Waals surface area contributed by atoms with Crippen molar-refractivity contribution in [2.75, 3.05) is 24.4 Å². The van der Waals surface area contributed by atoms with E-state index in [1.165, 1.54) is 11.8 Å². The van der Waals surface area contributed by atoms with Gasteiger partial charge in [-0.25, -0.2) is 0 Å². The van der Waals surface area contributed by atoms with Crippen LogP contribution < -0.4 is 8.92 Å². The normalized spacial score (nSPS) is 12.2. The molecule has 0 unspecified atom stereocenters. The van der Waals surface area contributed by atoms with Gasteiger partial charge in [0.05, 0.1) is 18.1 Å². The predicted molar refractivity (Wildman–Crippen MR) is 157 cm³/mol. The van der Waals surface area contributed by atoms with Gasteiger partial charge in [0.25, 0.3) is 0 Å². The van der Waals surface area contributed by atoms with E-state index in [-0.39, 0.29) is 21.9 Å². The van der Waals surface area contributed by atoms with Gasteiger partial charge >= 0.3 is 10.1 Å². The van der Waals surface area contributed by atoms with Crippen LogP contribution in [0.2, 0.25) is 0 Å². The highest BCUT2D eigenvalue weighted by Gasteiger charge is 2.20. The lowest BCUT2D eigenvalue weighted by molar-refractivity contribution is -0.110. The molecule has 0 heterocycles. The summed E-state index contributed by atoms with van der Waals surface area (Å²) in [6.07, 6.45) is 4.23. The first-order chi connectivity index (χ1) is 18.2. The zero-order valence-corrected chi connectivity index (χ0v) is 24.1. The van der Waals surface area contributed by atoms with E-state index in [0.29, 0.717) is 18.8 Å². The van der Waals surface area contributed by atoms with Gasteiger partial charge in [0.15, 0.2) is 0 Å². The van der Waals surface area contributed by atoms with Gasteiger partial charge in [-0.3, -0.25) is 4.79 Å². The van der Waals surface area contributed by atoms with E-state index < -0.39 is 10.1 Å². The summed E-state index contributed by atoms with van der Waals surface area (Å²) in [7, 11) is -3.55. The molecule has 38 heavy (non-hydrogen) atoms. The van der Waals surface area contributed by atoms with Gasteiger partial charge in [-0.2, -0.15) is 8.42 Å². The molecule has 0 bridgehead atoms. The number of benzene rings is 3. The van der Waals surface area contributed by atoms with Crippen molar-refractivity contribution in [3.63, 3.8) is 0 Å². The second-order valence-electron chi connectivity index (χ2n) is 8.82. The van der Waals surface area contributed by atoms with Crippen molar-refractivity contribution in [1.29, 1.82) is 0 Å². The first-order valence-electron chi connectivity index (χ1n) is 12.5. The molecule has 0 spiro atoms. The third-order valence-electron chi connectivity index (χ3n) is 5.53. The molecule has 0 radical (unpaired) electrons. The zero-order valence-electron chi connectivity index (χ0n) is 21.7. The van der Waals surface area contributed by atoms with E-state index in [0.717, 1.165) is 53.7 Å². The maximum absolute atomic E-state index is 12.9. The molecule has 0 aliphatic carbocycles. The number of carbonyl (C=O) groups is 1. The molecule has 6 nitrogen and oxygen atoms in total. The van der Waals surface area contributed by atoms with Crippen LogP contribution >= 0.6 is 23.5 Å². The number of phenols is 1. The molecule has 0 aliphatic heterocycles. The Bertz CT molecular complexity index is 1240. The summed E-state index contributed by atoms with van der Waals surface area (Å²) in [5.74, 6) is 2.82. The quantitative estimate of drug-likeness (QED) is 0.224. The molecule has 0 aliphatic rings. The van der Waals surface area contributed by atoms with Gasteiger partial charge in [0.2, 0.25) is 5.12 Å². The average Bonchev–Trinajstić information content (AvgIpc) is 2.89. The lowest BCUT2D eigenvalue weighted by atomic mass is 10.1. The van der Waals surface area contributed by atoms with Crippen molar-refractivity contribution in [2.45, 2.75) is 37.9 Å². The Labute approximate surface area is 234 Å². The summed E-state index contributed by atoms with van der Waals surface area (Å²) in [5, 5.41) is 9.59. The first-order valence-corrected chi connectivity index (χ1v) is 16.3. The molecule has 0 amide bonds. The molecule has 1 N–H and O–H groups in total. The van der Waals surface area contributed by atoms with Gasteiger partial charge < -0.3 is 14.0 Å². The lowest BCUT2D eigenvalue weighted by Gasteiger charge is -2.16. The number of aromatic hydroxyl groups is 1. The largest absolute Gasteiger partial charge is 0.508 e. The molecule has 3 rings (SSSR count). The molecule has 0 saturated carbocycles. The summed E-state index contributed by atoms with van der Waals surface area (Å²) in [6, 6.07) is 22.0. The molecule has 1 atom stereocenters. The lowest BCUT2D eigenvalue weighted by Crippen LogP contribution is -2.18. The van der Waals surface area contributed by atoms with E-state index in [2.05, 4.69) is 31.2 Å². The highest BCUT2D eigenvalue weighted by molar-refractivity contribution is 8.16.